The Bertz CT molecular complexity index is 383. The highest BCUT2D eigenvalue weighted by atomic mass is 16.3. The molecule has 114 valence electrons. The Morgan fingerprint density at radius 3 is 2.65 bits per heavy atom. The lowest BCUT2D eigenvalue weighted by molar-refractivity contribution is 0.114. The molecule has 0 radical (unpaired) electrons. The van der Waals surface area contributed by atoms with Gasteiger partial charge in [0.05, 0.1) is 12.3 Å². The summed E-state index contributed by atoms with van der Waals surface area (Å²) in [6.45, 7) is 9.65. The molecule has 1 aromatic heterocycles. The highest BCUT2D eigenvalue weighted by molar-refractivity contribution is 5.06. The third kappa shape index (κ3) is 3.62. The normalized spacial score (nSPS) is 20.2. The van der Waals surface area contributed by atoms with E-state index in [1.165, 1.54) is 12.8 Å². The number of hydrogen-bond donors (Lipinski definition) is 2. The van der Waals surface area contributed by atoms with Gasteiger partial charge in [-0.25, -0.2) is 0 Å². The minimum Gasteiger partial charge on any atom is -0.468 e. The molecule has 1 saturated heterocycles. The van der Waals surface area contributed by atoms with Gasteiger partial charge in [-0.1, -0.05) is 13.8 Å². The van der Waals surface area contributed by atoms with Crippen molar-refractivity contribution in [3.05, 3.63) is 24.2 Å². The first-order valence-electron chi connectivity index (χ1n) is 7.66. The molecule has 2 heterocycles. The Morgan fingerprint density at radius 1 is 1.40 bits per heavy atom. The van der Waals surface area contributed by atoms with Gasteiger partial charge in [0.15, 0.2) is 0 Å². The Morgan fingerprint density at radius 2 is 2.10 bits per heavy atom. The number of hydrogen-bond acceptors (Lipinski definition) is 4. The predicted octanol–water partition coefficient (Wildman–Crippen LogP) is 2.41. The quantitative estimate of drug-likeness (QED) is 0.805. The summed E-state index contributed by atoms with van der Waals surface area (Å²) in [6.07, 6.45) is 4.29. The van der Waals surface area contributed by atoms with Gasteiger partial charge in [-0.3, -0.25) is 4.90 Å². The molecule has 2 unspecified atom stereocenters. The molecule has 1 aromatic rings. The summed E-state index contributed by atoms with van der Waals surface area (Å²) in [5.41, 5.74) is -0.112. The van der Waals surface area contributed by atoms with E-state index in [4.69, 9.17) is 4.42 Å². The van der Waals surface area contributed by atoms with Crippen molar-refractivity contribution >= 4 is 0 Å². The van der Waals surface area contributed by atoms with Gasteiger partial charge >= 0.3 is 0 Å². The fourth-order valence-corrected chi connectivity index (χ4v) is 2.65. The Labute approximate surface area is 122 Å². The number of likely N-dealkylation sites (tertiary alicyclic amines) is 1. The molecule has 0 aromatic carbocycles. The molecule has 2 atom stereocenters. The number of nitrogens with zero attached hydrogens (tertiary/aromatic N) is 1. The lowest BCUT2D eigenvalue weighted by Gasteiger charge is -2.33. The lowest BCUT2D eigenvalue weighted by atomic mass is 9.86. The standard InChI is InChI=1S/C16H28N2O2/c1-13(16(2,3)12-19)17-11-14(15-7-6-10-20-15)18-8-4-5-9-18/h6-7,10,13-14,17,19H,4-5,8-9,11-12H2,1-3H3. The Balaban J connectivity index is 1.98. The van der Waals surface area contributed by atoms with Gasteiger partial charge in [-0.15, -0.1) is 0 Å². The molecule has 4 nitrogen and oxygen atoms in total. The maximum absolute atomic E-state index is 9.46. The van der Waals surface area contributed by atoms with Crippen LogP contribution >= 0.6 is 0 Å². The molecule has 1 aliphatic rings. The number of nitrogens with one attached hydrogen (secondary N) is 1. The summed E-state index contributed by atoms with van der Waals surface area (Å²) in [7, 11) is 0. The topological polar surface area (TPSA) is 48.6 Å². The van der Waals surface area contributed by atoms with Crippen molar-refractivity contribution < 1.29 is 9.52 Å². The first kappa shape index (κ1) is 15.5. The second kappa shape index (κ2) is 6.74. The van der Waals surface area contributed by atoms with Gasteiger partial charge in [0.1, 0.15) is 5.76 Å². The Hall–Kier alpha value is -0.840. The van der Waals surface area contributed by atoms with Crippen LogP contribution in [0.5, 0.6) is 0 Å². The van der Waals surface area contributed by atoms with Crippen LogP contribution in [0.15, 0.2) is 22.8 Å². The minimum atomic E-state index is -0.112. The molecular weight excluding hydrogens is 252 g/mol. The SMILES string of the molecule is CC(NCC(c1ccco1)N1CCCC1)C(C)(C)CO. The zero-order valence-electron chi connectivity index (χ0n) is 12.9. The van der Waals surface area contributed by atoms with E-state index in [0.29, 0.717) is 6.04 Å². The van der Waals surface area contributed by atoms with Crippen molar-refractivity contribution in [1.29, 1.82) is 0 Å². The largest absolute Gasteiger partial charge is 0.468 e. The van der Waals surface area contributed by atoms with Crippen LogP contribution in [-0.2, 0) is 0 Å². The van der Waals surface area contributed by atoms with Crippen LogP contribution in [-0.4, -0.2) is 42.3 Å². The summed E-state index contributed by atoms with van der Waals surface area (Å²) in [4.78, 5) is 2.49. The van der Waals surface area contributed by atoms with E-state index in [0.717, 1.165) is 25.4 Å². The molecule has 2 N–H and O–H groups in total. The fraction of sp³-hybridized carbons (Fsp3) is 0.750. The van der Waals surface area contributed by atoms with Crippen molar-refractivity contribution in [3.8, 4) is 0 Å². The summed E-state index contributed by atoms with van der Waals surface area (Å²) in [5.74, 6) is 1.04. The van der Waals surface area contributed by atoms with Crippen molar-refractivity contribution in [2.24, 2.45) is 5.41 Å². The van der Waals surface area contributed by atoms with Gasteiger partial charge in [0, 0.05) is 24.6 Å². The third-order valence-corrected chi connectivity index (χ3v) is 4.65. The summed E-state index contributed by atoms with van der Waals surface area (Å²) < 4.78 is 5.62. The lowest BCUT2D eigenvalue weighted by Crippen LogP contribution is -2.45. The molecule has 0 spiro atoms. The van der Waals surface area contributed by atoms with Crippen molar-refractivity contribution in [2.45, 2.75) is 45.7 Å². The van der Waals surface area contributed by atoms with Crippen LogP contribution in [0.1, 0.15) is 45.4 Å². The van der Waals surface area contributed by atoms with Crippen LogP contribution in [0.3, 0.4) is 0 Å². The molecule has 0 amide bonds. The zero-order chi connectivity index (χ0) is 14.6. The number of aliphatic hydroxyl groups excluding tert-OH is 1. The smallest absolute Gasteiger partial charge is 0.122 e. The number of aliphatic hydroxyl groups is 1. The van der Waals surface area contributed by atoms with Crippen LogP contribution in [0.25, 0.3) is 0 Å². The molecule has 0 bridgehead atoms. The van der Waals surface area contributed by atoms with E-state index < -0.39 is 0 Å². The second-order valence-electron chi connectivity index (χ2n) is 6.55. The highest BCUT2D eigenvalue weighted by Gasteiger charge is 2.29. The summed E-state index contributed by atoms with van der Waals surface area (Å²) in [6, 6.07) is 4.57. The van der Waals surface area contributed by atoms with Gasteiger partial charge in [-0.05, 0) is 45.0 Å². The van der Waals surface area contributed by atoms with E-state index in [1.54, 1.807) is 6.26 Å². The van der Waals surface area contributed by atoms with Gasteiger partial charge in [-0.2, -0.15) is 0 Å². The average Bonchev–Trinajstić information content (AvgIpc) is 3.12. The molecule has 1 fully saturated rings. The van der Waals surface area contributed by atoms with Crippen LogP contribution < -0.4 is 5.32 Å². The Kier molecular flexibility index (Phi) is 5.24. The molecule has 4 heteroatoms. The van der Waals surface area contributed by atoms with Gasteiger partial charge in [0.2, 0.25) is 0 Å². The van der Waals surface area contributed by atoms with Gasteiger partial charge in [0.25, 0.3) is 0 Å². The summed E-state index contributed by atoms with van der Waals surface area (Å²) in [5, 5.41) is 13.0. The van der Waals surface area contributed by atoms with E-state index >= 15 is 0 Å². The monoisotopic (exact) mass is 280 g/mol. The number of rotatable bonds is 7. The highest BCUT2D eigenvalue weighted by Crippen LogP contribution is 2.26. The van der Waals surface area contributed by atoms with Crippen LogP contribution in [0.4, 0.5) is 0 Å². The maximum Gasteiger partial charge on any atom is 0.122 e. The summed E-state index contributed by atoms with van der Waals surface area (Å²) >= 11 is 0. The van der Waals surface area contributed by atoms with Crippen molar-refractivity contribution in [3.63, 3.8) is 0 Å². The predicted molar refractivity (Wildman–Crippen MR) is 80.6 cm³/mol. The molecular formula is C16H28N2O2. The second-order valence-corrected chi connectivity index (χ2v) is 6.55. The molecule has 1 aliphatic heterocycles. The first-order chi connectivity index (χ1) is 9.54. The van der Waals surface area contributed by atoms with E-state index in [2.05, 4.69) is 37.1 Å². The molecule has 0 saturated carbocycles. The van der Waals surface area contributed by atoms with Crippen molar-refractivity contribution in [2.75, 3.05) is 26.2 Å². The molecule has 20 heavy (non-hydrogen) atoms. The van der Waals surface area contributed by atoms with E-state index in [9.17, 15) is 5.11 Å². The maximum atomic E-state index is 9.46. The third-order valence-electron chi connectivity index (χ3n) is 4.65. The van der Waals surface area contributed by atoms with Crippen LogP contribution in [0.2, 0.25) is 0 Å². The van der Waals surface area contributed by atoms with Crippen LogP contribution in [0, 0.1) is 5.41 Å². The molecule has 0 aliphatic carbocycles. The van der Waals surface area contributed by atoms with E-state index in [-0.39, 0.29) is 18.1 Å². The fourth-order valence-electron chi connectivity index (χ4n) is 2.65. The first-order valence-corrected chi connectivity index (χ1v) is 7.66. The average molecular weight is 280 g/mol. The molecule has 2 rings (SSSR count). The zero-order valence-corrected chi connectivity index (χ0v) is 12.9. The van der Waals surface area contributed by atoms with E-state index in [1.807, 2.05) is 6.07 Å². The number of furan rings is 1. The van der Waals surface area contributed by atoms with Crippen molar-refractivity contribution in [1.82, 2.24) is 10.2 Å². The van der Waals surface area contributed by atoms with Gasteiger partial charge < -0.3 is 14.8 Å². The minimum absolute atomic E-state index is 0.112.